The van der Waals surface area contributed by atoms with E-state index in [1.807, 2.05) is 0 Å². The van der Waals surface area contributed by atoms with Gasteiger partial charge in [0.1, 0.15) is 67.9 Å². The molecule has 6 aromatic carbocycles. The van der Waals surface area contributed by atoms with Crippen molar-refractivity contribution < 1.29 is 57.2 Å². The molecule has 1 aliphatic heterocycles. The van der Waals surface area contributed by atoms with Crippen LogP contribution in [0.3, 0.4) is 0 Å². The highest BCUT2D eigenvalue weighted by Gasteiger charge is 2.27. The van der Waals surface area contributed by atoms with Crippen LogP contribution < -0.4 is 28.4 Å². The first-order chi connectivity index (χ1) is 26.3. The summed E-state index contributed by atoms with van der Waals surface area (Å²) in [7, 11) is 0. The van der Waals surface area contributed by atoms with Crippen molar-refractivity contribution in [2.75, 3.05) is 0 Å². The standard InChI is InChI=1S/C42H24O12/c43-37-25-13-1-7-19-31(25)49-38(44)27-15-3-9-21-33(27)51-40(46)29-17-5-11-23-35(29)53-42(48)30-18-6-12-24-36(30)54-41(47)28-16-4-10-22-34(28)52-39(45)26-14-2-8-20-32(26)50-37/h1-24H. The molecule has 54 heavy (non-hydrogen) atoms. The molecule has 264 valence electrons. The smallest absolute Gasteiger partial charge is 0.347 e. The monoisotopic (exact) mass is 720 g/mol. The summed E-state index contributed by atoms with van der Waals surface area (Å²) in [5.74, 6) is -7.11. The van der Waals surface area contributed by atoms with E-state index < -0.39 is 35.8 Å². The molecule has 0 amide bonds. The van der Waals surface area contributed by atoms with Gasteiger partial charge in [0.2, 0.25) is 0 Å². The molecule has 1 heterocycles. The highest BCUT2D eigenvalue weighted by molar-refractivity contribution is 6.03. The second-order valence-corrected chi connectivity index (χ2v) is 11.3. The van der Waals surface area contributed by atoms with Crippen molar-refractivity contribution in [3.05, 3.63) is 179 Å². The second-order valence-electron chi connectivity index (χ2n) is 11.3. The number of hydrogen-bond acceptors (Lipinski definition) is 12. The number of carbonyl (C=O) groups excluding carboxylic acids is 6. The molecule has 0 saturated heterocycles. The van der Waals surface area contributed by atoms with Crippen LogP contribution in [0, 0.1) is 0 Å². The number of hydrogen-bond donors (Lipinski definition) is 0. The Kier molecular flexibility index (Phi) is 9.72. The predicted octanol–water partition coefficient (Wildman–Crippen LogP) is 7.32. The van der Waals surface area contributed by atoms with Crippen molar-refractivity contribution in [1.82, 2.24) is 0 Å². The Bertz CT molecular complexity index is 2040. The molecule has 1 aliphatic rings. The molecule has 0 atom stereocenters. The molecule has 0 aromatic heterocycles. The Morgan fingerprint density at radius 1 is 0.204 bits per heavy atom. The van der Waals surface area contributed by atoms with E-state index in [4.69, 9.17) is 28.4 Å². The van der Waals surface area contributed by atoms with Crippen molar-refractivity contribution in [1.29, 1.82) is 0 Å². The number of rotatable bonds is 0. The lowest BCUT2D eigenvalue weighted by molar-refractivity contribution is 0.0687. The maximum atomic E-state index is 13.5. The van der Waals surface area contributed by atoms with Crippen LogP contribution in [0.5, 0.6) is 34.5 Å². The Hall–Kier alpha value is -7.86. The lowest BCUT2D eigenvalue weighted by Crippen LogP contribution is -2.19. The zero-order chi connectivity index (χ0) is 37.6. The molecule has 0 radical (unpaired) electrons. The summed E-state index contributed by atoms with van der Waals surface area (Å²) >= 11 is 0. The Morgan fingerprint density at radius 3 is 0.481 bits per heavy atom. The third-order valence-corrected chi connectivity index (χ3v) is 7.86. The van der Waals surface area contributed by atoms with Crippen molar-refractivity contribution in [2.45, 2.75) is 0 Å². The van der Waals surface area contributed by atoms with E-state index in [0.717, 1.165) is 0 Å². The molecule has 0 unspecified atom stereocenters. The van der Waals surface area contributed by atoms with Gasteiger partial charge in [0.15, 0.2) is 0 Å². The second kappa shape index (κ2) is 15.2. The van der Waals surface area contributed by atoms with Gasteiger partial charge in [0, 0.05) is 0 Å². The molecule has 7 rings (SSSR count). The summed E-state index contributed by atoms with van der Waals surface area (Å²) < 4.78 is 33.6. The zero-order valence-electron chi connectivity index (χ0n) is 27.8. The predicted molar refractivity (Wildman–Crippen MR) is 188 cm³/mol. The SMILES string of the molecule is O=C1Oc2ccccc2C(=O)Oc2ccccc2C(=O)Oc2ccccc2C(=O)Oc2ccccc2C(=O)Oc2ccccc2C(=O)Oc2ccccc21. The average Bonchev–Trinajstić information content (AvgIpc) is 3.18. The van der Waals surface area contributed by atoms with Gasteiger partial charge in [0.25, 0.3) is 0 Å². The molecular formula is C42H24O12. The molecule has 12 heteroatoms. The molecular weight excluding hydrogens is 696 g/mol. The van der Waals surface area contributed by atoms with E-state index in [1.165, 1.54) is 146 Å². The van der Waals surface area contributed by atoms with E-state index in [0.29, 0.717) is 0 Å². The summed E-state index contributed by atoms with van der Waals surface area (Å²) in [6, 6.07) is 34.4. The van der Waals surface area contributed by atoms with Gasteiger partial charge in [-0.05, 0) is 72.8 Å². The van der Waals surface area contributed by atoms with E-state index >= 15 is 0 Å². The van der Waals surface area contributed by atoms with Gasteiger partial charge < -0.3 is 28.4 Å². The van der Waals surface area contributed by atoms with E-state index in [2.05, 4.69) is 0 Å². The van der Waals surface area contributed by atoms with E-state index in [1.54, 1.807) is 0 Å². The molecule has 0 spiro atoms. The van der Waals surface area contributed by atoms with Crippen molar-refractivity contribution in [3.63, 3.8) is 0 Å². The zero-order valence-corrected chi connectivity index (χ0v) is 27.8. The molecule has 0 N–H and O–H groups in total. The van der Waals surface area contributed by atoms with E-state index in [9.17, 15) is 28.8 Å². The normalized spacial score (nSPS) is 13.6. The topological polar surface area (TPSA) is 158 Å². The number of esters is 6. The van der Waals surface area contributed by atoms with Crippen molar-refractivity contribution in [3.8, 4) is 34.5 Å². The molecule has 0 bridgehead atoms. The molecule has 0 fully saturated rings. The highest BCUT2D eigenvalue weighted by Crippen LogP contribution is 2.30. The van der Waals surface area contributed by atoms with Crippen LogP contribution in [0.25, 0.3) is 0 Å². The lowest BCUT2D eigenvalue weighted by atomic mass is 10.1. The fourth-order valence-corrected chi connectivity index (χ4v) is 5.27. The van der Waals surface area contributed by atoms with Crippen LogP contribution in [0.15, 0.2) is 146 Å². The summed E-state index contributed by atoms with van der Waals surface area (Å²) in [4.78, 5) is 81.2. The Balaban J connectivity index is 1.31. The maximum Gasteiger partial charge on any atom is 0.347 e. The minimum absolute atomic E-state index is 0.179. The van der Waals surface area contributed by atoms with Crippen LogP contribution in [0.2, 0.25) is 0 Å². The van der Waals surface area contributed by atoms with Gasteiger partial charge in [-0.3, -0.25) is 0 Å². The first-order valence-corrected chi connectivity index (χ1v) is 16.1. The number of para-hydroxylation sites is 6. The van der Waals surface area contributed by atoms with Gasteiger partial charge >= 0.3 is 35.8 Å². The van der Waals surface area contributed by atoms with Crippen molar-refractivity contribution >= 4 is 35.8 Å². The van der Waals surface area contributed by atoms with Gasteiger partial charge in [-0.25, -0.2) is 28.8 Å². The first kappa shape index (κ1) is 34.6. The third-order valence-electron chi connectivity index (χ3n) is 7.86. The number of fused-ring (bicyclic) bond motifs is 6. The number of ether oxygens (including phenoxy) is 6. The quantitative estimate of drug-likeness (QED) is 0.114. The largest absolute Gasteiger partial charge is 0.422 e. The summed E-state index contributed by atoms with van der Waals surface area (Å²) in [6.07, 6.45) is 0. The summed E-state index contributed by atoms with van der Waals surface area (Å²) in [5.41, 5.74) is -1.07. The van der Waals surface area contributed by atoms with Gasteiger partial charge in [-0.15, -0.1) is 0 Å². The van der Waals surface area contributed by atoms with Crippen LogP contribution in [-0.2, 0) is 0 Å². The fourth-order valence-electron chi connectivity index (χ4n) is 5.27. The molecule has 0 aliphatic carbocycles. The first-order valence-electron chi connectivity index (χ1n) is 16.1. The van der Waals surface area contributed by atoms with Gasteiger partial charge in [-0.2, -0.15) is 0 Å². The molecule has 6 aromatic rings. The van der Waals surface area contributed by atoms with Crippen LogP contribution in [-0.4, -0.2) is 35.8 Å². The summed E-state index contributed by atoms with van der Waals surface area (Å²) in [6.45, 7) is 0. The van der Waals surface area contributed by atoms with E-state index in [-0.39, 0.29) is 67.9 Å². The summed E-state index contributed by atoms with van der Waals surface area (Å²) in [5, 5.41) is 0. The Morgan fingerprint density at radius 2 is 0.333 bits per heavy atom. The van der Waals surface area contributed by atoms with Crippen LogP contribution >= 0.6 is 0 Å². The highest BCUT2D eigenvalue weighted by atomic mass is 16.6. The lowest BCUT2D eigenvalue weighted by Gasteiger charge is -2.15. The average molecular weight is 721 g/mol. The minimum Gasteiger partial charge on any atom is -0.422 e. The van der Waals surface area contributed by atoms with Crippen LogP contribution in [0.4, 0.5) is 0 Å². The Labute approximate surface area is 306 Å². The van der Waals surface area contributed by atoms with Crippen LogP contribution in [0.1, 0.15) is 62.1 Å². The van der Waals surface area contributed by atoms with Gasteiger partial charge in [0.05, 0.1) is 0 Å². The maximum absolute atomic E-state index is 13.5. The molecule has 0 saturated carbocycles. The minimum atomic E-state index is -0.985. The number of carbonyl (C=O) groups is 6. The van der Waals surface area contributed by atoms with Gasteiger partial charge in [-0.1, -0.05) is 72.8 Å². The third kappa shape index (κ3) is 7.29. The number of benzene rings is 6. The molecule has 12 nitrogen and oxygen atoms in total. The fraction of sp³-hybridized carbons (Fsp3) is 0. The van der Waals surface area contributed by atoms with Crippen molar-refractivity contribution in [2.24, 2.45) is 0 Å².